The van der Waals surface area contributed by atoms with Crippen molar-refractivity contribution in [1.82, 2.24) is 9.80 Å². The van der Waals surface area contributed by atoms with Crippen molar-refractivity contribution in [3.8, 4) is 0 Å². The highest BCUT2D eigenvalue weighted by atomic mass is 16.6. The molecule has 0 aromatic rings. The fourth-order valence-electron chi connectivity index (χ4n) is 2.52. The van der Waals surface area contributed by atoms with Crippen LogP contribution in [0.2, 0.25) is 0 Å². The Morgan fingerprint density at radius 1 is 0.839 bits per heavy atom. The molecule has 11 nitrogen and oxygen atoms in total. The number of carbonyl (C=O) groups excluding carboxylic acids is 6. The minimum atomic E-state index is -1.06. The summed E-state index contributed by atoms with van der Waals surface area (Å²) in [6, 6.07) is -2.11. The standard InChI is InChI=1S/C18H24N2O9.C2H6/c1-11(19(13(3)21)14(4)22)17(25)28-9-7-27-8-10-29-18(26)12(2)20-15(23)5-6-16(20)24;1-2/h5-6,11-12H,7-10H2,1-4H3;1-2H3. The van der Waals surface area contributed by atoms with Gasteiger partial charge in [-0.05, 0) is 13.8 Å². The van der Waals surface area contributed by atoms with Gasteiger partial charge in [-0.15, -0.1) is 0 Å². The van der Waals surface area contributed by atoms with Crippen molar-refractivity contribution in [3.05, 3.63) is 12.2 Å². The minimum Gasteiger partial charge on any atom is -0.462 e. The van der Waals surface area contributed by atoms with Gasteiger partial charge in [-0.3, -0.25) is 29.0 Å². The van der Waals surface area contributed by atoms with Crippen molar-refractivity contribution < 1.29 is 43.0 Å². The number of amides is 4. The fourth-order valence-corrected chi connectivity index (χ4v) is 2.52. The molecule has 0 bridgehead atoms. The normalized spacial score (nSPS) is 14.3. The van der Waals surface area contributed by atoms with Crippen LogP contribution in [-0.2, 0) is 43.0 Å². The van der Waals surface area contributed by atoms with E-state index in [0.717, 1.165) is 22.0 Å². The molecule has 1 heterocycles. The fraction of sp³-hybridized carbons (Fsp3) is 0.600. The lowest BCUT2D eigenvalue weighted by atomic mass is 10.3. The monoisotopic (exact) mass is 442 g/mol. The summed E-state index contributed by atoms with van der Waals surface area (Å²) in [5.74, 6) is -3.81. The van der Waals surface area contributed by atoms with Crippen LogP contribution in [0, 0.1) is 0 Å². The summed E-state index contributed by atoms with van der Waals surface area (Å²) in [5.41, 5.74) is 0. The molecule has 0 aromatic heterocycles. The van der Waals surface area contributed by atoms with Crippen LogP contribution < -0.4 is 0 Å². The zero-order valence-corrected chi connectivity index (χ0v) is 18.7. The molecule has 0 saturated heterocycles. The van der Waals surface area contributed by atoms with Crippen LogP contribution in [-0.4, -0.2) is 83.9 Å². The molecule has 11 heteroatoms. The van der Waals surface area contributed by atoms with Gasteiger partial charge in [0, 0.05) is 26.0 Å². The first-order chi connectivity index (χ1) is 14.6. The molecule has 1 rings (SSSR count). The zero-order chi connectivity index (χ0) is 24.1. The average molecular weight is 442 g/mol. The number of carbonyl (C=O) groups is 6. The van der Waals surface area contributed by atoms with E-state index in [1.54, 1.807) is 0 Å². The topological polar surface area (TPSA) is 137 Å². The maximum absolute atomic E-state index is 11.9. The molecule has 0 aliphatic carbocycles. The molecule has 0 spiro atoms. The van der Waals surface area contributed by atoms with Crippen LogP contribution in [0.4, 0.5) is 0 Å². The lowest BCUT2D eigenvalue weighted by molar-refractivity contribution is -0.160. The van der Waals surface area contributed by atoms with Crippen LogP contribution in [0.3, 0.4) is 0 Å². The van der Waals surface area contributed by atoms with Crippen LogP contribution in [0.1, 0.15) is 41.5 Å². The molecule has 2 unspecified atom stereocenters. The van der Waals surface area contributed by atoms with E-state index in [-0.39, 0.29) is 26.4 Å². The molecule has 1 aliphatic heterocycles. The van der Waals surface area contributed by atoms with E-state index in [2.05, 4.69) is 0 Å². The van der Waals surface area contributed by atoms with Gasteiger partial charge in [-0.1, -0.05) is 13.8 Å². The third-order valence-electron chi connectivity index (χ3n) is 3.92. The summed E-state index contributed by atoms with van der Waals surface area (Å²) in [6.07, 6.45) is 2.15. The Labute approximate surface area is 181 Å². The van der Waals surface area contributed by atoms with E-state index in [4.69, 9.17) is 14.2 Å². The van der Waals surface area contributed by atoms with Gasteiger partial charge in [0.05, 0.1) is 13.2 Å². The quantitative estimate of drug-likeness (QED) is 0.264. The molecule has 0 aromatic carbocycles. The van der Waals surface area contributed by atoms with Crippen LogP contribution >= 0.6 is 0 Å². The summed E-state index contributed by atoms with van der Waals surface area (Å²) in [5, 5.41) is 0. The number of hydrogen-bond donors (Lipinski definition) is 0. The Bertz CT molecular complexity index is 661. The lowest BCUT2D eigenvalue weighted by Crippen LogP contribution is -2.45. The second-order valence-electron chi connectivity index (χ2n) is 6.09. The number of hydrogen-bond acceptors (Lipinski definition) is 9. The molecule has 0 radical (unpaired) electrons. The van der Waals surface area contributed by atoms with Gasteiger partial charge in [0.2, 0.25) is 11.8 Å². The maximum atomic E-state index is 11.9. The highest BCUT2D eigenvalue weighted by Gasteiger charge is 2.33. The molecule has 0 fully saturated rings. The van der Waals surface area contributed by atoms with E-state index in [9.17, 15) is 28.8 Å². The van der Waals surface area contributed by atoms with Crippen LogP contribution in [0.5, 0.6) is 0 Å². The second kappa shape index (κ2) is 14.0. The molecule has 2 atom stereocenters. The Kier molecular flexibility index (Phi) is 12.6. The summed E-state index contributed by atoms with van der Waals surface area (Å²) < 4.78 is 15.0. The van der Waals surface area contributed by atoms with E-state index in [1.807, 2.05) is 13.8 Å². The van der Waals surface area contributed by atoms with E-state index in [1.165, 1.54) is 27.7 Å². The van der Waals surface area contributed by atoms with Gasteiger partial charge in [-0.2, -0.15) is 0 Å². The average Bonchev–Trinajstić information content (AvgIpc) is 3.05. The Hall–Kier alpha value is -3.08. The summed E-state index contributed by atoms with van der Waals surface area (Å²) in [7, 11) is 0. The van der Waals surface area contributed by atoms with Crippen LogP contribution in [0.15, 0.2) is 12.2 Å². The minimum absolute atomic E-state index is 0.00127. The van der Waals surface area contributed by atoms with Gasteiger partial charge in [0.25, 0.3) is 11.8 Å². The zero-order valence-electron chi connectivity index (χ0n) is 18.7. The van der Waals surface area contributed by atoms with Gasteiger partial charge in [-0.25, -0.2) is 9.59 Å². The third kappa shape index (κ3) is 8.67. The molecule has 1 aliphatic rings. The number of rotatable bonds is 10. The van der Waals surface area contributed by atoms with Crippen molar-refractivity contribution in [2.45, 2.75) is 53.6 Å². The van der Waals surface area contributed by atoms with Gasteiger partial charge < -0.3 is 14.2 Å². The molecular weight excluding hydrogens is 412 g/mol. The number of imide groups is 2. The second-order valence-corrected chi connectivity index (χ2v) is 6.09. The van der Waals surface area contributed by atoms with Crippen molar-refractivity contribution >= 4 is 35.6 Å². The molecule has 31 heavy (non-hydrogen) atoms. The lowest BCUT2D eigenvalue weighted by Gasteiger charge is -2.23. The predicted octanol–water partition coefficient (Wildman–Crippen LogP) is 0.213. The Morgan fingerprint density at radius 3 is 1.68 bits per heavy atom. The summed E-state index contributed by atoms with van der Waals surface area (Å²) >= 11 is 0. The number of esters is 2. The SMILES string of the molecule is CC.CC(=O)N(C(C)=O)C(C)C(=O)OCCOCCOC(=O)C(C)N1C(=O)C=CC1=O. The third-order valence-corrected chi connectivity index (χ3v) is 3.92. The smallest absolute Gasteiger partial charge is 0.329 e. The first-order valence-corrected chi connectivity index (χ1v) is 9.84. The molecule has 174 valence electrons. The van der Waals surface area contributed by atoms with Crippen molar-refractivity contribution in [2.24, 2.45) is 0 Å². The van der Waals surface area contributed by atoms with Gasteiger partial charge in [0.1, 0.15) is 25.3 Å². The highest BCUT2D eigenvalue weighted by Crippen LogP contribution is 2.10. The van der Waals surface area contributed by atoms with Crippen LogP contribution in [0.25, 0.3) is 0 Å². The van der Waals surface area contributed by atoms with E-state index < -0.39 is 47.7 Å². The van der Waals surface area contributed by atoms with Crippen molar-refractivity contribution in [1.29, 1.82) is 0 Å². The Balaban J connectivity index is 0.00000436. The van der Waals surface area contributed by atoms with E-state index >= 15 is 0 Å². The van der Waals surface area contributed by atoms with Crippen molar-refractivity contribution in [2.75, 3.05) is 26.4 Å². The molecule has 0 N–H and O–H groups in total. The van der Waals surface area contributed by atoms with Gasteiger partial charge in [0.15, 0.2) is 0 Å². The number of nitrogens with zero attached hydrogens (tertiary/aromatic N) is 2. The molecule has 0 saturated carbocycles. The highest BCUT2D eigenvalue weighted by molar-refractivity contribution is 6.14. The first kappa shape index (κ1) is 27.9. The molecule has 4 amide bonds. The first-order valence-electron chi connectivity index (χ1n) is 9.84. The molecular formula is C20H30N2O9. The predicted molar refractivity (Wildman–Crippen MR) is 107 cm³/mol. The van der Waals surface area contributed by atoms with Crippen molar-refractivity contribution in [3.63, 3.8) is 0 Å². The maximum Gasteiger partial charge on any atom is 0.329 e. The summed E-state index contributed by atoms with van der Waals surface area (Å²) in [4.78, 5) is 71.1. The number of ether oxygens (including phenoxy) is 3. The largest absolute Gasteiger partial charge is 0.462 e. The van der Waals surface area contributed by atoms with E-state index in [0.29, 0.717) is 0 Å². The summed E-state index contributed by atoms with van der Waals surface area (Å²) in [6.45, 7) is 8.83. The van der Waals surface area contributed by atoms with Gasteiger partial charge >= 0.3 is 11.9 Å². The Morgan fingerprint density at radius 2 is 1.26 bits per heavy atom.